The molecule has 0 bridgehead atoms. The summed E-state index contributed by atoms with van der Waals surface area (Å²) in [4.78, 5) is 36.7. The van der Waals surface area contributed by atoms with E-state index in [-0.39, 0.29) is 24.0 Å². The molecule has 1 aromatic rings. The highest BCUT2D eigenvalue weighted by Gasteiger charge is 2.31. The molecule has 0 spiro atoms. The summed E-state index contributed by atoms with van der Waals surface area (Å²) in [5, 5.41) is 24.0. The first-order chi connectivity index (χ1) is 13.1. The van der Waals surface area contributed by atoms with Crippen molar-refractivity contribution in [2.75, 3.05) is 0 Å². The van der Waals surface area contributed by atoms with Gasteiger partial charge in [0.25, 0.3) is 0 Å². The Morgan fingerprint density at radius 3 is 2.07 bits per heavy atom. The second-order valence-corrected chi connectivity index (χ2v) is 7.41. The molecule has 0 heterocycles. The lowest BCUT2D eigenvalue weighted by Crippen LogP contribution is -2.57. The van der Waals surface area contributed by atoms with Gasteiger partial charge >= 0.3 is 5.97 Å². The number of benzene rings is 1. The molecule has 156 valence electrons. The Hall–Kier alpha value is -2.61. The standard InChI is InChI=1S/C20H31N3O5/c1-5-12(4)17(20(27)28)23-18(25)15(22-19(26)16(21)11(2)3)10-13-6-8-14(24)9-7-13/h6-9,11-12,15-17,24H,5,10,21H2,1-4H3,(H,22,26)(H,23,25)(H,27,28)/t12?,15?,16-,17-/m0/s1. The molecule has 0 aliphatic carbocycles. The van der Waals surface area contributed by atoms with Crippen molar-refractivity contribution in [3.05, 3.63) is 29.8 Å². The van der Waals surface area contributed by atoms with Gasteiger partial charge in [0.05, 0.1) is 6.04 Å². The maximum atomic E-state index is 12.8. The van der Waals surface area contributed by atoms with E-state index in [1.54, 1.807) is 32.9 Å². The predicted molar refractivity (Wildman–Crippen MR) is 106 cm³/mol. The molecule has 0 aromatic heterocycles. The molecule has 0 radical (unpaired) electrons. The molecule has 0 saturated heterocycles. The summed E-state index contributed by atoms with van der Waals surface area (Å²) in [6.45, 7) is 7.16. The average Bonchev–Trinajstić information content (AvgIpc) is 2.65. The molecule has 28 heavy (non-hydrogen) atoms. The number of rotatable bonds is 10. The van der Waals surface area contributed by atoms with Crippen molar-refractivity contribution in [3.63, 3.8) is 0 Å². The fourth-order valence-electron chi connectivity index (χ4n) is 2.58. The minimum atomic E-state index is -1.13. The van der Waals surface area contributed by atoms with Crippen molar-refractivity contribution >= 4 is 17.8 Å². The summed E-state index contributed by atoms with van der Waals surface area (Å²) in [7, 11) is 0. The van der Waals surface area contributed by atoms with Gasteiger partial charge < -0.3 is 26.6 Å². The SMILES string of the molecule is CCC(C)[C@H](NC(=O)C(Cc1ccc(O)cc1)NC(=O)[C@@H](N)C(C)C)C(=O)O. The van der Waals surface area contributed by atoms with E-state index in [2.05, 4.69) is 10.6 Å². The average molecular weight is 393 g/mol. The third-order valence-corrected chi connectivity index (χ3v) is 4.81. The fraction of sp³-hybridized carbons (Fsp3) is 0.550. The number of phenolic OH excluding ortho intramolecular Hbond substituents is 1. The molecule has 2 unspecified atom stereocenters. The molecule has 8 nitrogen and oxygen atoms in total. The monoisotopic (exact) mass is 393 g/mol. The van der Waals surface area contributed by atoms with Crippen LogP contribution in [0.3, 0.4) is 0 Å². The topological polar surface area (TPSA) is 142 Å². The first kappa shape index (κ1) is 23.4. The molecular weight excluding hydrogens is 362 g/mol. The Bertz CT molecular complexity index is 675. The van der Waals surface area contributed by atoms with E-state index in [1.807, 2.05) is 6.92 Å². The molecule has 0 aliphatic rings. The zero-order valence-corrected chi connectivity index (χ0v) is 16.8. The normalized spacial score (nSPS) is 15.4. The summed E-state index contributed by atoms with van der Waals surface area (Å²) >= 11 is 0. The number of amides is 2. The van der Waals surface area contributed by atoms with Crippen LogP contribution >= 0.6 is 0 Å². The number of hydrogen-bond acceptors (Lipinski definition) is 5. The summed E-state index contributed by atoms with van der Waals surface area (Å²) in [6, 6.07) is 3.38. The van der Waals surface area contributed by atoms with Crippen molar-refractivity contribution in [2.24, 2.45) is 17.6 Å². The van der Waals surface area contributed by atoms with Gasteiger partial charge in [0, 0.05) is 6.42 Å². The smallest absolute Gasteiger partial charge is 0.326 e. The lowest BCUT2D eigenvalue weighted by molar-refractivity contribution is -0.143. The van der Waals surface area contributed by atoms with E-state index in [0.29, 0.717) is 12.0 Å². The van der Waals surface area contributed by atoms with Gasteiger partial charge in [0.1, 0.15) is 17.8 Å². The summed E-state index contributed by atoms with van der Waals surface area (Å²) < 4.78 is 0. The molecular formula is C20H31N3O5. The first-order valence-corrected chi connectivity index (χ1v) is 9.43. The Labute approximate surface area is 165 Å². The van der Waals surface area contributed by atoms with Crippen LogP contribution in [0.5, 0.6) is 5.75 Å². The Morgan fingerprint density at radius 1 is 1.04 bits per heavy atom. The lowest BCUT2D eigenvalue weighted by Gasteiger charge is -2.26. The van der Waals surface area contributed by atoms with Crippen LogP contribution in [0.25, 0.3) is 0 Å². The number of aromatic hydroxyl groups is 1. The van der Waals surface area contributed by atoms with Crippen molar-refractivity contribution in [1.29, 1.82) is 0 Å². The van der Waals surface area contributed by atoms with E-state index in [4.69, 9.17) is 5.73 Å². The van der Waals surface area contributed by atoms with E-state index >= 15 is 0 Å². The first-order valence-electron chi connectivity index (χ1n) is 9.43. The maximum Gasteiger partial charge on any atom is 0.326 e. The Kier molecular flexibility index (Phi) is 8.91. The maximum absolute atomic E-state index is 12.8. The summed E-state index contributed by atoms with van der Waals surface area (Å²) in [5.41, 5.74) is 6.57. The van der Waals surface area contributed by atoms with Gasteiger partial charge in [-0.05, 0) is 29.5 Å². The molecule has 1 rings (SSSR count). The van der Waals surface area contributed by atoms with Gasteiger partial charge in [-0.1, -0.05) is 46.2 Å². The van der Waals surface area contributed by atoms with E-state index in [0.717, 1.165) is 0 Å². The van der Waals surface area contributed by atoms with Crippen LogP contribution in [0.15, 0.2) is 24.3 Å². The molecule has 4 atom stereocenters. The number of carbonyl (C=O) groups is 3. The number of aliphatic carboxylic acids is 1. The van der Waals surface area contributed by atoms with Gasteiger partial charge in [-0.2, -0.15) is 0 Å². The highest BCUT2D eigenvalue weighted by atomic mass is 16.4. The third-order valence-electron chi connectivity index (χ3n) is 4.81. The second-order valence-electron chi connectivity index (χ2n) is 7.41. The minimum Gasteiger partial charge on any atom is -0.508 e. The molecule has 0 saturated carbocycles. The zero-order valence-electron chi connectivity index (χ0n) is 16.8. The Morgan fingerprint density at radius 2 is 1.61 bits per heavy atom. The highest BCUT2D eigenvalue weighted by molar-refractivity contribution is 5.92. The van der Waals surface area contributed by atoms with Gasteiger partial charge in [-0.15, -0.1) is 0 Å². The number of phenols is 1. The number of nitrogens with two attached hydrogens (primary N) is 1. The molecule has 0 aliphatic heterocycles. The number of nitrogens with one attached hydrogen (secondary N) is 2. The molecule has 2 amide bonds. The predicted octanol–water partition coefficient (Wildman–Crippen LogP) is 1.02. The van der Waals surface area contributed by atoms with Crippen LogP contribution in [0, 0.1) is 11.8 Å². The van der Waals surface area contributed by atoms with Crippen LogP contribution in [0.1, 0.15) is 39.7 Å². The number of carboxylic acid groups (broad SMARTS) is 1. The largest absolute Gasteiger partial charge is 0.508 e. The van der Waals surface area contributed by atoms with Gasteiger partial charge in [0.15, 0.2) is 0 Å². The van der Waals surface area contributed by atoms with Crippen LogP contribution in [0.4, 0.5) is 0 Å². The van der Waals surface area contributed by atoms with E-state index in [9.17, 15) is 24.6 Å². The quantitative estimate of drug-likeness (QED) is 0.402. The fourth-order valence-corrected chi connectivity index (χ4v) is 2.58. The molecule has 0 fully saturated rings. The summed E-state index contributed by atoms with van der Waals surface area (Å²) in [6.07, 6.45) is 0.708. The van der Waals surface area contributed by atoms with Crippen molar-refractivity contribution in [1.82, 2.24) is 10.6 Å². The van der Waals surface area contributed by atoms with E-state index < -0.39 is 35.9 Å². The van der Waals surface area contributed by atoms with Crippen molar-refractivity contribution in [3.8, 4) is 5.75 Å². The highest BCUT2D eigenvalue weighted by Crippen LogP contribution is 2.13. The number of carbonyl (C=O) groups excluding carboxylic acids is 2. The molecule has 1 aromatic carbocycles. The van der Waals surface area contributed by atoms with Crippen LogP contribution in [-0.2, 0) is 20.8 Å². The van der Waals surface area contributed by atoms with Gasteiger partial charge in [-0.3, -0.25) is 9.59 Å². The minimum absolute atomic E-state index is 0.0818. The second kappa shape index (κ2) is 10.7. The Balaban J connectivity index is 3.03. The van der Waals surface area contributed by atoms with Crippen LogP contribution < -0.4 is 16.4 Å². The van der Waals surface area contributed by atoms with Crippen LogP contribution in [0.2, 0.25) is 0 Å². The molecule has 6 N–H and O–H groups in total. The molecule has 8 heteroatoms. The summed E-state index contributed by atoms with van der Waals surface area (Å²) in [5.74, 6) is -2.52. The van der Waals surface area contributed by atoms with Crippen molar-refractivity contribution in [2.45, 2.75) is 58.7 Å². The van der Waals surface area contributed by atoms with Gasteiger partial charge in [-0.25, -0.2) is 4.79 Å². The third kappa shape index (κ3) is 6.84. The van der Waals surface area contributed by atoms with Crippen LogP contribution in [-0.4, -0.2) is 46.1 Å². The lowest BCUT2D eigenvalue weighted by atomic mass is 9.97. The van der Waals surface area contributed by atoms with Crippen molar-refractivity contribution < 1.29 is 24.6 Å². The zero-order chi connectivity index (χ0) is 21.4. The number of carboxylic acids is 1. The number of hydrogen-bond donors (Lipinski definition) is 5. The van der Waals surface area contributed by atoms with E-state index in [1.165, 1.54) is 12.1 Å². The van der Waals surface area contributed by atoms with Gasteiger partial charge in [0.2, 0.25) is 11.8 Å².